The fourth-order valence-electron chi connectivity index (χ4n) is 8.65. The van der Waals surface area contributed by atoms with Gasteiger partial charge in [0, 0.05) is 49.2 Å². The van der Waals surface area contributed by atoms with Crippen molar-refractivity contribution in [3.8, 4) is 16.9 Å². The van der Waals surface area contributed by atoms with Gasteiger partial charge in [0.15, 0.2) is 0 Å². The lowest BCUT2D eigenvalue weighted by molar-refractivity contribution is -0.123. The predicted octanol–water partition coefficient (Wildman–Crippen LogP) is 8.26. The Labute approximate surface area is 370 Å². The van der Waals surface area contributed by atoms with Gasteiger partial charge < -0.3 is 9.87 Å². The molecule has 2 N–H and O–H groups in total. The van der Waals surface area contributed by atoms with Crippen LogP contribution in [0.25, 0.3) is 38.8 Å². The summed E-state index contributed by atoms with van der Waals surface area (Å²) in [6.45, 7) is -0.371. The van der Waals surface area contributed by atoms with Crippen molar-refractivity contribution >= 4 is 56.5 Å². The van der Waals surface area contributed by atoms with Crippen LogP contribution in [-0.4, -0.2) is 61.5 Å². The number of anilines is 1. The Balaban J connectivity index is 1.23. The van der Waals surface area contributed by atoms with E-state index in [-0.39, 0.29) is 67.4 Å². The van der Waals surface area contributed by atoms with Crippen molar-refractivity contribution in [3.63, 3.8) is 0 Å². The number of amides is 1. The molecule has 2 aliphatic carbocycles. The molecule has 65 heavy (non-hydrogen) atoms. The molecule has 13 nitrogen and oxygen atoms in total. The molecule has 1 saturated carbocycles. The number of nitrogens with one attached hydrogen (secondary N) is 2. The van der Waals surface area contributed by atoms with Gasteiger partial charge in [-0.05, 0) is 60.4 Å². The van der Waals surface area contributed by atoms with E-state index in [0.717, 1.165) is 21.4 Å². The molecule has 4 unspecified atom stereocenters. The molecule has 3 aromatic carbocycles. The number of halogens is 9. The van der Waals surface area contributed by atoms with Crippen LogP contribution in [-0.2, 0) is 48.6 Å². The van der Waals surface area contributed by atoms with Crippen molar-refractivity contribution < 1.29 is 44.5 Å². The number of aryl methyl sites for hydroxylation is 1. The predicted molar refractivity (Wildman–Crippen MR) is 224 cm³/mol. The third kappa shape index (κ3) is 7.98. The van der Waals surface area contributed by atoms with Crippen LogP contribution >= 0.6 is 11.6 Å². The van der Waals surface area contributed by atoms with Crippen LogP contribution < -0.4 is 15.6 Å². The van der Waals surface area contributed by atoms with E-state index in [2.05, 4.69) is 25.3 Å². The van der Waals surface area contributed by atoms with Gasteiger partial charge >= 0.3 is 0 Å². The van der Waals surface area contributed by atoms with Crippen molar-refractivity contribution in [1.29, 1.82) is 0 Å². The average molecular weight is 947 g/mol. The number of hydrogen-bond acceptors (Lipinski definition) is 8. The summed E-state index contributed by atoms with van der Waals surface area (Å²) in [5.41, 5.74) is -1.99. The zero-order valence-corrected chi connectivity index (χ0v) is 35.8. The lowest BCUT2D eigenvalue weighted by Crippen LogP contribution is -2.38. The number of nitrogens with zero attached hydrogens (tertiary/aromatic N) is 8. The van der Waals surface area contributed by atoms with E-state index in [1.165, 1.54) is 67.5 Å². The summed E-state index contributed by atoms with van der Waals surface area (Å²) >= 11 is 5.03. The summed E-state index contributed by atoms with van der Waals surface area (Å²) in [7, 11) is 1.51. The molecule has 0 saturated heterocycles. The lowest BCUT2D eigenvalue weighted by Gasteiger charge is -2.24. The Bertz CT molecular complexity index is 3100. The number of hydrogen-bond donors (Lipinski definition) is 2. The number of fused-ring (bicyclic) bond motifs is 5. The summed E-state index contributed by atoms with van der Waals surface area (Å²) in [5, 5.41) is 15.4. The number of aromatic nitrogens is 8. The SMILES string of the molecule is CCC(F)(F)Cn1ccc(-c2ccc3c(=O)n(-c4ccc(Cl)c5c(N[S+](C)[O-])nn(C)c45)c(C(Cc4cc(F)cc(F)c4)NC(=O)Cn4nc(C(F)F)c5c4C(F)(F)C4CC54)nc3c2)n1. The third-order valence-corrected chi connectivity index (χ3v) is 12.4. The van der Waals surface area contributed by atoms with E-state index in [1.54, 1.807) is 0 Å². The third-order valence-electron chi connectivity index (χ3n) is 11.6. The topological polar surface area (TPSA) is 153 Å². The van der Waals surface area contributed by atoms with Gasteiger partial charge in [-0.25, -0.2) is 31.3 Å². The molecule has 2 aliphatic rings. The molecule has 0 radical (unpaired) electrons. The minimum Gasteiger partial charge on any atom is -0.593 e. The number of alkyl halides is 6. The minimum atomic E-state index is -3.56. The van der Waals surface area contributed by atoms with Crippen LogP contribution in [0.1, 0.15) is 66.5 Å². The van der Waals surface area contributed by atoms with Gasteiger partial charge in [-0.3, -0.25) is 28.2 Å². The van der Waals surface area contributed by atoms with E-state index in [4.69, 9.17) is 16.6 Å². The highest BCUT2D eigenvalue weighted by Gasteiger charge is 2.67. The second kappa shape index (κ2) is 16.2. The molecule has 0 spiro atoms. The smallest absolute Gasteiger partial charge is 0.293 e. The van der Waals surface area contributed by atoms with E-state index >= 15 is 13.6 Å². The first-order valence-electron chi connectivity index (χ1n) is 20.0. The highest BCUT2D eigenvalue weighted by molar-refractivity contribution is 7.92. The van der Waals surface area contributed by atoms with E-state index < -0.39 is 108 Å². The normalized spacial score (nSPS) is 17.4. The molecule has 7 aromatic rings. The maximum atomic E-state index is 15.6. The van der Waals surface area contributed by atoms with Gasteiger partial charge in [-0.1, -0.05) is 24.6 Å². The zero-order chi connectivity index (χ0) is 46.4. The van der Waals surface area contributed by atoms with E-state index in [1.807, 2.05) is 0 Å². The summed E-state index contributed by atoms with van der Waals surface area (Å²) < 4.78 is 137. The second-order valence-corrected chi connectivity index (χ2v) is 17.6. The molecule has 1 fully saturated rings. The second-order valence-electron chi connectivity index (χ2n) is 16.0. The summed E-state index contributed by atoms with van der Waals surface area (Å²) in [6.07, 6.45) is -1.44. The number of rotatable bonds is 14. The van der Waals surface area contributed by atoms with E-state index in [0.29, 0.717) is 16.3 Å². The van der Waals surface area contributed by atoms with Crippen molar-refractivity contribution in [2.45, 2.75) is 69.5 Å². The fraction of sp³-hybridized carbons (Fsp3) is 0.333. The average Bonchev–Trinajstić information content (AvgIpc) is 3.43. The Morgan fingerprint density at radius 3 is 2.49 bits per heavy atom. The monoisotopic (exact) mass is 946 g/mol. The number of carbonyl (C=O) groups excluding carboxylic acids is 1. The highest BCUT2D eigenvalue weighted by Crippen LogP contribution is 2.68. The van der Waals surface area contributed by atoms with Crippen molar-refractivity contribution in [3.05, 3.63) is 116 Å². The van der Waals surface area contributed by atoms with Crippen LogP contribution in [0.5, 0.6) is 0 Å². The van der Waals surface area contributed by atoms with Gasteiger partial charge in [0.1, 0.15) is 48.2 Å². The summed E-state index contributed by atoms with van der Waals surface area (Å²) in [6, 6.07) is 9.73. The van der Waals surface area contributed by atoms with E-state index in [9.17, 15) is 35.7 Å². The number of benzene rings is 3. The maximum absolute atomic E-state index is 15.6. The van der Waals surface area contributed by atoms with Crippen LogP contribution in [0.4, 0.5) is 40.9 Å². The maximum Gasteiger partial charge on any atom is 0.293 e. The lowest BCUT2D eigenvalue weighted by atomic mass is 10.0. The van der Waals surface area contributed by atoms with Crippen molar-refractivity contribution in [1.82, 2.24) is 44.2 Å². The highest BCUT2D eigenvalue weighted by atomic mass is 35.5. The van der Waals surface area contributed by atoms with Gasteiger partial charge in [0.25, 0.3) is 23.8 Å². The molecular formula is C42H35ClF8N10O3S. The molecule has 4 aromatic heterocycles. The van der Waals surface area contributed by atoms with Crippen LogP contribution in [0.2, 0.25) is 5.02 Å². The fourth-order valence-corrected chi connectivity index (χ4v) is 9.31. The Morgan fingerprint density at radius 2 is 1.80 bits per heavy atom. The quantitative estimate of drug-likeness (QED) is 0.0817. The molecule has 0 bridgehead atoms. The summed E-state index contributed by atoms with van der Waals surface area (Å²) in [5.74, 6) is -12.0. The molecular weight excluding hydrogens is 912 g/mol. The van der Waals surface area contributed by atoms with Crippen molar-refractivity contribution in [2.75, 3.05) is 11.0 Å². The number of carbonyl (C=O) groups is 1. The van der Waals surface area contributed by atoms with Crippen LogP contribution in [0, 0.1) is 17.6 Å². The minimum absolute atomic E-state index is 0.0120. The zero-order valence-electron chi connectivity index (χ0n) is 34.2. The molecule has 0 aliphatic heterocycles. The van der Waals surface area contributed by atoms with Crippen molar-refractivity contribution in [2.24, 2.45) is 13.0 Å². The molecule has 9 rings (SSSR count). The first-order valence-corrected chi connectivity index (χ1v) is 21.9. The van der Waals surface area contributed by atoms with Gasteiger partial charge in [0.2, 0.25) is 11.7 Å². The van der Waals surface area contributed by atoms with Gasteiger partial charge in [0.05, 0.1) is 55.6 Å². The molecule has 1 amide bonds. The molecule has 23 heteroatoms. The van der Waals surface area contributed by atoms with Crippen LogP contribution in [0.15, 0.2) is 65.6 Å². The Hall–Kier alpha value is -6.00. The Morgan fingerprint density at radius 1 is 1.06 bits per heavy atom. The standard InChI is InChI=1S/C42H35ClF8N10O3S/c1-4-41(48,49)18-59-10-9-27(54-59)20-5-6-23-28(14-20)53-39(61(40(23)63)30-8-7-26(43)33-35(30)58(2)56-38(33)57-65(3)64)29(13-19-11-21(44)15-22(45)12-19)52-31(62)17-60-36-32(34(55-60)37(46)47)24-16-25(24)42(36,50)51/h5-12,14-15,24-25,29,37H,4,13,16-18H2,1-3H3,(H,52,62)(H,56,57). The Kier molecular flexibility index (Phi) is 11.0. The van der Waals surface area contributed by atoms with Gasteiger partial charge in [-0.15, -0.1) is 5.10 Å². The molecule has 340 valence electrons. The first-order chi connectivity index (χ1) is 30.7. The van der Waals surface area contributed by atoms with Crippen LogP contribution in [0.3, 0.4) is 0 Å². The summed E-state index contributed by atoms with van der Waals surface area (Å²) in [4.78, 5) is 34.1. The largest absolute Gasteiger partial charge is 0.593 e. The molecule has 4 heterocycles. The van der Waals surface area contributed by atoms with Gasteiger partial charge in [-0.2, -0.15) is 23.7 Å². The first kappa shape index (κ1) is 44.2. The molecule has 4 atom stereocenters.